The minimum absolute atomic E-state index is 0.0519. The Morgan fingerprint density at radius 3 is 2.65 bits per heavy atom. The van der Waals surface area contributed by atoms with Crippen LogP contribution in [0.15, 0.2) is 24.2 Å². The Kier molecular flexibility index (Phi) is 6.08. The molecule has 1 rings (SSSR count). The highest BCUT2D eigenvalue weighted by Gasteiger charge is 2.19. The molecule has 0 radical (unpaired) electrons. The van der Waals surface area contributed by atoms with Gasteiger partial charge in [0.25, 0.3) is 0 Å². The first-order valence-corrected chi connectivity index (χ1v) is 7.05. The molecule has 0 aliphatic carbocycles. The summed E-state index contributed by atoms with van der Waals surface area (Å²) in [5.41, 5.74) is -0.352. The van der Waals surface area contributed by atoms with Crippen molar-refractivity contribution >= 4 is 11.9 Å². The largest absolute Gasteiger partial charge is 0.478 e. The Bertz CT molecular complexity index is 499. The number of aromatic carboxylic acids is 1. The second-order valence-corrected chi connectivity index (χ2v) is 4.70. The first kappa shape index (κ1) is 14.6. The van der Waals surface area contributed by atoms with Crippen LogP contribution < -0.4 is 0 Å². The highest BCUT2D eigenvalue weighted by atomic mass is 16.5. The summed E-state index contributed by atoms with van der Waals surface area (Å²) < 4.78 is 13.0. The number of carboxylic acid groups (broad SMARTS) is 1. The summed E-state index contributed by atoms with van der Waals surface area (Å²) in [6, 6.07) is 4.04. The fourth-order valence-electron chi connectivity index (χ4n) is 1.97. The molecular formula is C16H22O4. The fraction of sp³-hybridized carbons (Fsp3) is 0.500. The van der Waals surface area contributed by atoms with Gasteiger partial charge in [-0.1, -0.05) is 38.8 Å². The van der Waals surface area contributed by atoms with E-state index in [1.165, 1.54) is 18.2 Å². The van der Waals surface area contributed by atoms with Crippen molar-refractivity contribution in [2.45, 2.75) is 52.1 Å². The van der Waals surface area contributed by atoms with Gasteiger partial charge in [0.05, 0.1) is 12.5 Å². The van der Waals surface area contributed by atoms with E-state index in [2.05, 4.69) is 6.92 Å². The third-order valence-electron chi connectivity index (χ3n) is 3.15. The molecule has 1 aromatic carbocycles. The van der Waals surface area contributed by atoms with Crippen LogP contribution in [0.4, 0.5) is 0 Å². The van der Waals surface area contributed by atoms with Gasteiger partial charge in [-0.2, -0.15) is 0 Å². The normalized spacial score (nSPS) is 12.6. The van der Waals surface area contributed by atoms with Gasteiger partial charge in [0, 0.05) is 0 Å². The molecule has 0 fully saturated rings. The van der Waals surface area contributed by atoms with Crippen molar-refractivity contribution in [3.05, 3.63) is 35.4 Å². The van der Waals surface area contributed by atoms with Gasteiger partial charge < -0.3 is 9.84 Å². The molecule has 110 valence electrons. The third-order valence-corrected chi connectivity index (χ3v) is 3.15. The molecule has 4 heteroatoms. The summed E-state index contributed by atoms with van der Waals surface area (Å²) in [6.07, 6.45) is 4.41. The van der Waals surface area contributed by atoms with E-state index in [1.54, 1.807) is 0 Å². The monoisotopic (exact) mass is 279 g/mol. The van der Waals surface area contributed by atoms with E-state index in [1.807, 2.05) is 6.92 Å². The fourth-order valence-corrected chi connectivity index (χ4v) is 1.97. The van der Waals surface area contributed by atoms with Crippen molar-refractivity contribution < 1.29 is 20.8 Å². The van der Waals surface area contributed by atoms with Gasteiger partial charge in [-0.3, -0.25) is 0 Å². The van der Waals surface area contributed by atoms with E-state index >= 15 is 0 Å². The summed E-state index contributed by atoms with van der Waals surface area (Å²) in [7, 11) is 0. The van der Waals surface area contributed by atoms with Crippen molar-refractivity contribution in [2.75, 3.05) is 0 Å². The molecule has 0 bridgehead atoms. The Morgan fingerprint density at radius 2 is 2.05 bits per heavy atom. The maximum atomic E-state index is 12.2. The molecule has 0 amide bonds. The zero-order valence-corrected chi connectivity index (χ0v) is 12.0. The number of hydrogen-bond acceptors (Lipinski definition) is 3. The van der Waals surface area contributed by atoms with E-state index < -0.39 is 11.9 Å². The first-order chi connectivity index (χ1) is 10.0. The summed E-state index contributed by atoms with van der Waals surface area (Å²) in [6.45, 7) is 4.04. The van der Waals surface area contributed by atoms with Gasteiger partial charge in [-0.25, -0.2) is 9.59 Å². The highest BCUT2D eigenvalue weighted by molar-refractivity contribution is 6.02. The minimum atomic E-state index is -1.29. The van der Waals surface area contributed by atoms with Gasteiger partial charge in [0.15, 0.2) is 0 Å². The molecule has 0 saturated heterocycles. The lowest BCUT2D eigenvalue weighted by molar-refractivity contribution is 0.0262. The van der Waals surface area contributed by atoms with Crippen LogP contribution in [0, 0.1) is 0 Å². The van der Waals surface area contributed by atoms with E-state index in [-0.39, 0.29) is 23.3 Å². The topological polar surface area (TPSA) is 63.6 Å². The summed E-state index contributed by atoms with van der Waals surface area (Å²) in [5.74, 6) is -1.95. The van der Waals surface area contributed by atoms with Crippen molar-refractivity contribution in [3.63, 3.8) is 0 Å². The van der Waals surface area contributed by atoms with Crippen LogP contribution in [0.25, 0.3) is 0 Å². The van der Waals surface area contributed by atoms with Crippen LogP contribution in [0.5, 0.6) is 0 Å². The summed E-state index contributed by atoms with van der Waals surface area (Å²) in [4.78, 5) is 23.3. The number of esters is 1. The van der Waals surface area contributed by atoms with Gasteiger partial charge in [-0.15, -0.1) is 0 Å². The van der Waals surface area contributed by atoms with E-state index in [9.17, 15) is 9.59 Å². The number of hydrogen-bond donors (Lipinski definition) is 1. The van der Waals surface area contributed by atoms with E-state index in [0.717, 1.165) is 25.7 Å². The zero-order valence-electron chi connectivity index (χ0n) is 13.0. The Balaban J connectivity index is 2.83. The molecule has 1 N–H and O–H groups in total. The number of carboxylic acids is 1. The van der Waals surface area contributed by atoms with Crippen molar-refractivity contribution in [3.8, 4) is 0 Å². The average molecular weight is 279 g/mol. The second-order valence-electron chi connectivity index (χ2n) is 4.70. The van der Waals surface area contributed by atoms with Crippen LogP contribution in [0.3, 0.4) is 0 Å². The van der Waals surface area contributed by atoms with Crippen molar-refractivity contribution in [2.24, 2.45) is 0 Å². The molecule has 0 heterocycles. The molecule has 0 aliphatic rings. The van der Waals surface area contributed by atoms with Gasteiger partial charge in [-0.05, 0) is 31.4 Å². The minimum Gasteiger partial charge on any atom is -0.478 e. The molecular weight excluding hydrogens is 256 g/mol. The van der Waals surface area contributed by atoms with Crippen LogP contribution in [-0.2, 0) is 4.74 Å². The predicted molar refractivity (Wildman–Crippen MR) is 77.0 cm³/mol. The van der Waals surface area contributed by atoms with Crippen LogP contribution in [0.1, 0.15) is 68.0 Å². The van der Waals surface area contributed by atoms with Crippen LogP contribution in [0.2, 0.25) is 0 Å². The molecule has 20 heavy (non-hydrogen) atoms. The molecule has 1 unspecified atom stereocenters. The van der Waals surface area contributed by atoms with Crippen LogP contribution >= 0.6 is 0 Å². The second kappa shape index (κ2) is 8.35. The molecule has 1 atom stereocenters. The summed E-state index contributed by atoms with van der Waals surface area (Å²) >= 11 is 0. The standard InChI is InChI=1S/C16H22O4/c1-3-5-6-9-12(4-2)20-16(19)14-11-8-7-10-13(14)15(17)18/h7-8,10-12H,3-6,9H2,1-2H3,(H,17,18)/i10D. The quantitative estimate of drug-likeness (QED) is 0.579. The van der Waals surface area contributed by atoms with Crippen LogP contribution in [-0.4, -0.2) is 23.1 Å². The van der Waals surface area contributed by atoms with E-state index in [4.69, 9.17) is 11.2 Å². The Hall–Kier alpha value is -1.84. The Morgan fingerprint density at radius 1 is 1.30 bits per heavy atom. The number of carbonyl (C=O) groups excluding carboxylic acids is 1. The highest BCUT2D eigenvalue weighted by Crippen LogP contribution is 2.15. The molecule has 0 saturated carbocycles. The predicted octanol–water partition coefficient (Wildman–Crippen LogP) is 3.90. The zero-order chi connectivity index (χ0) is 15.8. The number of ether oxygens (including phenoxy) is 1. The lowest BCUT2D eigenvalue weighted by atomic mass is 10.1. The molecule has 0 aromatic heterocycles. The number of benzene rings is 1. The Labute approximate surface area is 121 Å². The molecule has 0 spiro atoms. The SMILES string of the molecule is [2H]c1cccc(C(=O)OC(CC)CCCCC)c1C(=O)O. The first-order valence-electron chi connectivity index (χ1n) is 7.55. The third kappa shape index (κ3) is 4.68. The van der Waals surface area contributed by atoms with Gasteiger partial charge >= 0.3 is 11.9 Å². The number of rotatable bonds is 8. The van der Waals surface area contributed by atoms with Gasteiger partial charge in [0.2, 0.25) is 0 Å². The lowest BCUT2D eigenvalue weighted by Crippen LogP contribution is -2.19. The number of carbonyl (C=O) groups is 2. The molecule has 4 nitrogen and oxygen atoms in total. The van der Waals surface area contributed by atoms with Crippen molar-refractivity contribution in [1.82, 2.24) is 0 Å². The van der Waals surface area contributed by atoms with Gasteiger partial charge in [0.1, 0.15) is 6.10 Å². The van der Waals surface area contributed by atoms with E-state index in [0.29, 0.717) is 6.42 Å². The molecule has 0 aliphatic heterocycles. The molecule has 1 aromatic rings. The lowest BCUT2D eigenvalue weighted by Gasteiger charge is -2.16. The number of unbranched alkanes of at least 4 members (excludes halogenated alkanes) is 2. The smallest absolute Gasteiger partial charge is 0.339 e. The average Bonchev–Trinajstić information content (AvgIpc) is 2.45. The summed E-state index contributed by atoms with van der Waals surface area (Å²) in [5, 5.41) is 9.13. The maximum Gasteiger partial charge on any atom is 0.339 e. The maximum absolute atomic E-state index is 12.2. The van der Waals surface area contributed by atoms with Crippen molar-refractivity contribution in [1.29, 1.82) is 0 Å².